The number of nitrogens with one attached hydrogen (secondary N) is 1. The number of hydrogen-bond acceptors (Lipinski definition) is 3. The van der Waals surface area contributed by atoms with Crippen LogP contribution in [0.4, 0.5) is 0 Å². The minimum absolute atomic E-state index is 0.0265. The van der Waals surface area contributed by atoms with Crippen molar-refractivity contribution in [1.82, 2.24) is 9.62 Å². The van der Waals surface area contributed by atoms with Gasteiger partial charge in [0.25, 0.3) is 0 Å². The molecule has 1 N–H and O–H groups in total. The maximum absolute atomic E-state index is 11.6. The molecule has 7 heteroatoms. The van der Waals surface area contributed by atoms with Crippen molar-refractivity contribution in [2.45, 2.75) is 32.2 Å². The summed E-state index contributed by atoms with van der Waals surface area (Å²) >= 11 is 3.21. The molecular weight excluding hydrogens is 308 g/mol. The van der Waals surface area contributed by atoms with E-state index >= 15 is 0 Å². The predicted octanol–water partition coefficient (Wildman–Crippen LogP) is 0.702. The fourth-order valence-electron chi connectivity index (χ4n) is 1.85. The molecule has 0 aromatic carbocycles. The Kier molecular flexibility index (Phi) is 5.88. The lowest BCUT2D eigenvalue weighted by Crippen LogP contribution is -2.46. The molecule has 0 bridgehead atoms. The van der Waals surface area contributed by atoms with E-state index in [-0.39, 0.29) is 17.7 Å². The van der Waals surface area contributed by atoms with Gasteiger partial charge in [-0.05, 0) is 19.8 Å². The highest BCUT2D eigenvalue weighted by Crippen LogP contribution is 2.14. The van der Waals surface area contributed by atoms with Crippen molar-refractivity contribution in [1.29, 1.82) is 0 Å². The largest absolute Gasteiger partial charge is 0.353 e. The molecule has 5 nitrogen and oxygen atoms in total. The molecule has 0 spiro atoms. The van der Waals surface area contributed by atoms with Crippen LogP contribution in [-0.2, 0) is 14.8 Å². The molecule has 1 aliphatic heterocycles. The lowest BCUT2D eigenvalue weighted by Gasteiger charge is -2.31. The molecule has 0 aliphatic carbocycles. The lowest BCUT2D eigenvalue weighted by atomic mass is 10.1. The Labute approximate surface area is 111 Å². The number of carbonyl (C=O) groups excluding carboxylic acids is 1. The highest BCUT2D eigenvalue weighted by Gasteiger charge is 2.27. The molecular formula is C10H19BrN2O3S. The van der Waals surface area contributed by atoms with Crippen molar-refractivity contribution in [2.75, 3.05) is 24.2 Å². The van der Waals surface area contributed by atoms with E-state index in [0.29, 0.717) is 37.7 Å². The minimum Gasteiger partial charge on any atom is -0.353 e. The summed E-state index contributed by atoms with van der Waals surface area (Å²) in [5.41, 5.74) is 0. The van der Waals surface area contributed by atoms with Crippen molar-refractivity contribution in [3.8, 4) is 0 Å². The second kappa shape index (κ2) is 6.70. The van der Waals surface area contributed by atoms with E-state index in [4.69, 9.17) is 0 Å². The number of carbonyl (C=O) groups is 1. The molecule has 1 heterocycles. The zero-order valence-electron chi connectivity index (χ0n) is 9.99. The molecule has 0 radical (unpaired) electrons. The van der Waals surface area contributed by atoms with Crippen molar-refractivity contribution >= 4 is 31.9 Å². The smallest absolute Gasteiger partial charge is 0.221 e. The standard InChI is InChI=1S/C10H19BrN2O3S/c1-2-17(15,16)13-7-4-9(5-8-13)12-10(14)3-6-11/h9H,2-8H2,1H3,(H,12,14). The monoisotopic (exact) mass is 326 g/mol. The van der Waals surface area contributed by atoms with Crippen LogP contribution in [0.3, 0.4) is 0 Å². The Morgan fingerprint density at radius 2 is 2.00 bits per heavy atom. The molecule has 1 aliphatic rings. The lowest BCUT2D eigenvalue weighted by molar-refractivity contribution is -0.121. The number of halogens is 1. The van der Waals surface area contributed by atoms with E-state index in [0.717, 1.165) is 0 Å². The van der Waals surface area contributed by atoms with E-state index in [1.54, 1.807) is 6.92 Å². The molecule has 0 atom stereocenters. The van der Waals surface area contributed by atoms with Crippen molar-refractivity contribution < 1.29 is 13.2 Å². The van der Waals surface area contributed by atoms with E-state index in [1.165, 1.54) is 4.31 Å². The zero-order chi connectivity index (χ0) is 12.9. The third kappa shape index (κ3) is 4.56. The van der Waals surface area contributed by atoms with Gasteiger partial charge in [-0.1, -0.05) is 15.9 Å². The summed E-state index contributed by atoms with van der Waals surface area (Å²) in [4.78, 5) is 11.4. The summed E-state index contributed by atoms with van der Waals surface area (Å²) in [6, 6.07) is 0.116. The first-order chi connectivity index (χ1) is 7.99. The first-order valence-corrected chi connectivity index (χ1v) is 8.55. The van der Waals surface area contributed by atoms with Gasteiger partial charge in [0.2, 0.25) is 15.9 Å². The Bertz CT molecular complexity index is 351. The van der Waals surface area contributed by atoms with Gasteiger partial charge in [0.1, 0.15) is 0 Å². The van der Waals surface area contributed by atoms with Gasteiger partial charge in [-0.25, -0.2) is 12.7 Å². The molecule has 1 rings (SSSR count). The van der Waals surface area contributed by atoms with Gasteiger partial charge >= 0.3 is 0 Å². The van der Waals surface area contributed by atoms with Crippen LogP contribution in [0.5, 0.6) is 0 Å². The van der Waals surface area contributed by atoms with E-state index in [2.05, 4.69) is 21.2 Å². The first-order valence-electron chi connectivity index (χ1n) is 5.82. The molecule has 1 amide bonds. The Morgan fingerprint density at radius 1 is 1.41 bits per heavy atom. The summed E-state index contributed by atoms with van der Waals surface area (Å²) < 4.78 is 24.8. The van der Waals surface area contributed by atoms with Crippen LogP contribution in [0, 0.1) is 0 Å². The Balaban J connectivity index is 2.38. The van der Waals surface area contributed by atoms with Gasteiger partial charge in [0, 0.05) is 30.9 Å². The van der Waals surface area contributed by atoms with E-state index < -0.39 is 10.0 Å². The van der Waals surface area contributed by atoms with Crippen LogP contribution >= 0.6 is 15.9 Å². The molecule has 0 aromatic rings. The second-order valence-electron chi connectivity index (χ2n) is 4.08. The predicted molar refractivity (Wildman–Crippen MR) is 70.6 cm³/mol. The van der Waals surface area contributed by atoms with Crippen LogP contribution in [0.25, 0.3) is 0 Å². The highest BCUT2D eigenvalue weighted by atomic mass is 79.9. The number of piperidine rings is 1. The van der Waals surface area contributed by atoms with Crippen LogP contribution in [0.2, 0.25) is 0 Å². The van der Waals surface area contributed by atoms with Gasteiger partial charge in [0.05, 0.1) is 5.75 Å². The van der Waals surface area contributed by atoms with Crippen molar-refractivity contribution in [3.05, 3.63) is 0 Å². The summed E-state index contributed by atoms with van der Waals surface area (Å²) in [6.45, 7) is 2.67. The number of nitrogens with zero attached hydrogens (tertiary/aromatic N) is 1. The third-order valence-electron chi connectivity index (χ3n) is 2.90. The summed E-state index contributed by atoms with van der Waals surface area (Å²) in [5, 5.41) is 3.57. The van der Waals surface area contributed by atoms with Crippen LogP contribution in [-0.4, -0.2) is 48.8 Å². The average Bonchev–Trinajstić information content (AvgIpc) is 2.30. The topological polar surface area (TPSA) is 66.5 Å². The molecule has 0 unspecified atom stereocenters. The van der Waals surface area contributed by atoms with Gasteiger partial charge in [-0.3, -0.25) is 4.79 Å². The van der Waals surface area contributed by atoms with Gasteiger partial charge in [-0.2, -0.15) is 0 Å². The van der Waals surface area contributed by atoms with E-state index in [9.17, 15) is 13.2 Å². The first kappa shape index (κ1) is 14.9. The number of sulfonamides is 1. The molecule has 0 saturated carbocycles. The average molecular weight is 327 g/mol. The molecule has 1 fully saturated rings. The normalized spacial score (nSPS) is 19.2. The zero-order valence-corrected chi connectivity index (χ0v) is 12.4. The fourth-order valence-corrected chi connectivity index (χ4v) is 3.34. The molecule has 17 heavy (non-hydrogen) atoms. The van der Waals surface area contributed by atoms with Gasteiger partial charge in [0.15, 0.2) is 0 Å². The van der Waals surface area contributed by atoms with Crippen LogP contribution in [0.1, 0.15) is 26.2 Å². The summed E-state index contributed by atoms with van der Waals surface area (Å²) in [6.07, 6.45) is 1.87. The number of hydrogen-bond donors (Lipinski definition) is 1. The highest BCUT2D eigenvalue weighted by molar-refractivity contribution is 9.09. The summed E-state index contributed by atoms with van der Waals surface area (Å²) in [7, 11) is -3.07. The van der Waals surface area contributed by atoms with Gasteiger partial charge in [-0.15, -0.1) is 0 Å². The SMILES string of the molecule is CCS(=O)(=O)N1CCC(NC(=O)CCBr)CC1. The Hall–Kier alpha value is -0.140. The maximum Gasteiger partial charge on any atom is 0.221 e. The molecule has 0 aromatic heterocycles. The number of rotatable bonds is 5. The van der Waals surface area contributed by atoms with E-state index in [1.807, 2.05) is 0 Å². The minimum atomic E-state index is -3.07. The Morgan fingerprint density at radius 3 is 2.47 bits per heavy atom. The fraction of sp³-hybridized carbons (Fsp3) is 0.900. The second-order valence-corrected chi connectivity index (χ2v) is 7.13. The molecule has 1 saturated heterocycles. The van der Waals surface area contributed by atoms with Crippen molar-refractivity contribution in [2.24, 2.45) is 0 Å². The van der Waals surface area contributed by atoms with Crippen LogP contribution < -0.4 is 5.32 Å². The maximum atomic E-state index is 11.6. The quantitative estimate of drug-likeness (QED) is 0.756. The van der Waals surface area contributed by atoms with Crippen LogP contribution in [0.15, 0.2) is 0 Å². The third-order valence-corrected chi connectivity index (χ3v) is 5.18. The number of alkyl halides is 1. The summed E-state index contributed by atoms with van der Waals surface area (Å²) in [5.74, 6) is 0.173. The molecule has 100 valence electrons. The number of amides is 1. The van der Waals surface area contributed by atoms with Crippen molar-refractivity contribution in [3.63, 3.8) is 0 Å². The van der Waals surface area contributed by atoms with Gasteiger partial charge < -0.3 is 5.32 Å².